The first kappa shape index (κ1) is 22.0. The summed E-state index contributed by atoms with van der Waals surface area (Å²) in [4.78, 5) is 35.1. The Morgan fingerprint density at radius 2 is 1.76 bits per heavy atom. The fourth-order valence-electron chi connectivity index (χ4n) is 2.22. The van der Waals surface area contributed by atoms with Gasteiger partial charge >= 0.3 is 6.16 Å². The smallest absolute Gasteiger partial charge is 0.434 e. The molecule has 0 aliphatic carbocycles. The van der Waals surface area contributed by atoms with E-state index in [0.717, 1.165) is 5.56 Å². The Labute approximate surface area is 173 Å². The highest BCUT2D eigenvalue weighted by atomic mass is 35.5. The molecular formula is C21H21ClN2O5. The lowest BCUT2D eigenvalue weighted by molar-refractivity contribution is -0.116. The second kappa shape index (κ2) is 11.5. The van der Waals surface area contributed by atoms with E-state index in [0.29, 0.717) is 10.6 Å². The maximum Gasteiger partial charge on any atom is 0.513 e. The van der Waals surface area contributed by atoms with Crippen molar-refractivity contribution in [1.82, 2.24) is 10.6 Å². The summed E-state index contributed by atoms with van der Waals surface area (Å²) >= 11 is 5.88. The number of rotatable bonds is 8. The van der Waals surface area contributed by atoms with E-state index in [-0.39, 0.29) is 37.3 Å². The van der Waals surface area contributed by atoms with Crippen LogP contribution in [0.25, 0.3) is 6.08 Å². The quantitative estimate of drug-likeness (QED) is 0.297. The van der Waals surface area contributed by atoms with Crippen LogP contribution >= 0.6 is 11.6 Å². The summed E-state index contributed by atoms with van der Waals surface area (Å²) in [6, 6.07) is 13.2. The van der Waals surface area contributed by atoms with Gasteiger partial charge in [0.15, 0.2) is 0 Å². The van der Waals surface area contributed by atoms with E-state index in [1.807, 2.05) is 6.07 Å². The molecule has 0 bridgehead atoms. The lowest BCUT2D eigenvalue weighted by Crippen LogP contribution is -2.33. The molecule has 2 rings (SSSR count). The van der Waals surface area contributed by atoms with Gasteiger partial charge in [0, 0.05) is 29.8 Å². The molecule has 7 nitrogen and oxygen atoms in total. The number of carbonyl (C=O) groups excluding carboxylic acids is 3. The van der Waals surface area contributed by atoms with Crippen LogP contribution in [0.3, 0.4) is 0 Å². The van der Waals surface area contributed by atoms with Crippen LogP contribution in [0.4, 0.5) is 4.79 Å². The van der Waals surface area contributed by atoms with Crippen molar-refractivity contribution >= 4 is 35.6 Å². The average molecular weight is 417 g/mol. The normalized spacial score (nSPS) is 10.4. The van der Waals surface area contributed by atoms with Gasteiger partial charge in [0.2, 0.25) is 5.91 Å². The highest BCUT2D eigenvalue weighted by Gasteiger charge is 2.08. The predicted molar refractivity (Wildman–Crippen MR) is 110 cm³/mol. The highest BCUT2D eigenvalue weighted by Crippen LogP contribution is 2.13. The van der Waals surface area contributed by atoms with E-state index in [1.165, 1.54) is 30.3 Å². The summed E-state index contributed by atoms with van der Waals surface area (Å²) in [6.07, 6.45) is 2.25. The molecule has 0 heterocycles. The van der Waals surface area contributed by atoms with Crippen LogP contribution in [-0.2, 0) is 9.53 Å². The lowest BCUT2D eigenvalue weighted by atomic mass is 10.2. The maximum atomic E-state index is 12.1. The van der Waals surface area contributed by atoms with Crippen molar-refractivity contribution < 1.29 is 23.9 Å². The summed E-state index contributed by atoms with van der Waals surface area (Å²) < 4.78 is 9.59. The SMILES string of the molecule is CCOC(=O)Oc1ccc(C(=O)NCCNC(=O)/C=C/c2cccc(Cl)c2)cc1. The first-order valence-corrected chi connectivity index (χ1v) is 9.30. The largest absolute Gasteiger partial charge is 0.513 e. The molecule has 0 saturated carbocycles. The zero-order chi connectivity index (χ0) is 21.1. The minimum Gasteiger partial charge on any atom is -0.434 e. The number of amides is 2. The first-order valence-electron chi connectivity index (χ1n) is 8.92. The maximum absolute atomic E-state index is 12.1. The molecule has 2 aromatic carbocycles. The van der Waals surface area contributed by atoms with Crippen molar-refractivity contribution in [3.63, 3.8) is 0 Å². The molecule has 0 aliphatic rings. The monoisotopic (exact) mass is 416 g/mol. The number of carbonyl (C=O) groups is 3. The second-order valence-corrected chi connectivity index (χ2v) is 6.18. The molecule has 0 atom stereocenters. The molecule has 0 aliphatic heterocycles. The zero-order valence-electron chi connectivity index (χ0n) is 15.8. The minimum atomic E-state index is -0.801. The fraction of sp³-hybridized carbons (Fsp3) is 0.190. The van der Waals surface area contributed by atoms with E-state index in [1.54, 1.807) is 31.2 Å². The summed E-state index contributed by atoms with van der Waals surface area (Å²) in [5, 5.41) is 5.95. The Morgan fingerprint density at radius 1 is 1.03 bits per heavy atom. The van der Waals surface area contributed by atoms with Gasteiger partial charge in [-0.1, -0.05) is 23.7 Å². The van der Waals surface area contributed by atoms with Gasteiger partial charge in [0.25, 0.3) is 5.91 Å². The lowest BCUT2D eigenvalue weighted by Gasteiger charge is -2.07. The molecule has 0 aromatic heterocycles. The average Bonchev–Trinajstić information content (AvgIpc) is 2.70. The number of ether oxygens (including phenoxy) is 2. The third-order valence-electron chi connectivity index (χ3n) is 3.57. The predicted octanol–water partition coefficient (Wildman–Crippen LogP) is 3.43. The van der Waals surface area contributed by atoms with E-state index < -0.39 is 6.16 Å². The Balaban J connectivity index is 1.71. The molecule has 2 amide bonds. The van der Waals surface area contributed by atoms with Gasteiger partial charge in [-0.15, -0.1) is 0 Å². The summed E-state index contributed by atoms with van der Waals surface area (Å²) in [5.41, 5.74) is 1.21. The van der Waals surface area contributed by atoms with Crippen molar-refractivity contribution in [2.24, 2.45) is 0 Å². The second-order valence-electron chi connectivity index (χ2n) is 5.74. The van der Waals surface area contributed by atoms with Gasteiger partial charge in [0.05, 0.1) is 6.61 Å². The van der Waals surface area contributed by atoms with Gasteiger partial charge < -0.3 is 20.1 Å². The van der Waals surface area contributed by atoms with Crippen LogP contribution in [0, 0.1) is 0 Å². The van der Waals surface area contributed by atoms with E-state index >= 15 is 0 Å². The van der Waals surface area contributed by atoms with Crippen molar-refractivity contribution in [3.05, 3.63) is 70.8 Å². The first-order chi connectivity index (χ1) is 14.0. The van der Waals surface area contributed by atoms with Gasteiger partial charge in [-0.05, 0) is 55.0 Å². The van der Waals surface area contributed by atoms with Crippen LogP contribution in [0.15, 0.2) is 54.6 Å². The number of hydrogen-bond acceptors (Lipinski definition) is 5. The molecule has 0 saturated heterocycles. The highest BCUT2D eigenvalue weighted by molar-refractivity contribution is 6.30. The van der Waals surface area contributed by atoms with E-state index in [9.17, 15) is 14.4 Å². The molecule has 0 spiro atoms. The molecule has 0 radical (unpaired) electrons. The third-order valence-corrected chi connectivity index (χ3v) is 3.80. The minimum absolute atomic E-state index is 0.215. The third kappa shape index (κ3) is 8.06. The number of halogens is 1. The van der Waals surface area contributed by atoms with Gasteiger partial charge in [-0.3, -0.25) is 9.59 Å². The summed E-state index contributed by atoms with van der Waals surface area (Å²) in [5.74, 6) is -0.310. The molecule has 8 heteroatoms. The van der Waals surface area contributed by atoms with Crippen molar-refractivity contribution in [3.8, 4) is 5.75 Å². The van der Waals surface area contributed by atoms with Crippen LogP contribution in [0.5, 0.6) is 5.75 Å². The van der Waals surface area contributed by atoms with Crippen molar-refractivity contribution in [2.45, 2.75) is 6.92 Å². The van der Waals surface area contributed by atoms with Crippen LogP contribution in [0.2, 0.25) is 5.02 Å². The Bertz CT molecular complexity index is 881. The number of hydrogen-bond donors (Lipinski definition) is 2. The Morgan fingerprint density at radius 3 is 2.45 bits per heavy atom. The standard InChI is InChI=1S/C21H21ClN2O5/c1-2-28-21(27)29-18-9-7-16(8-10-18)20(26)24-13-12-23-19(25)11-6-15-4-3-5-17(22)14-15/h3-11,14H,2,12-13H2,1H3,(H,23,25)(H,24,26)/b11-6+. The van der Waals surface area contributed by atoms with Crippen molar-refractivity contribution in [1.29, 1.82) is 0 Å². The molecule has 29 heavy (non-hydrogen) atoms. The number of nitrogens with one attached hydrogen (secondary N) is 2. The molecule has 0 fully saturated rings. The van der Waals surface area contributed by atoms with Gasteiger partial charge in [-0.25, -0.2) is 4.79 Å². The molecule has 2 N–H and O–H groups in total. The zero-order valence-corrected chi connectivity index (χ0v) is 16.6. The van der Waals surface area contributed by atoms with Crippen LogP contribution < -0.4 is 15.4 Å². The van der Waals surface area contributed by atoms with E-state index in [2.05, 4.69) is 15.4 Å². The molecule has 152 valence electrons. The topological polar surface area (TPSA) is 93.7 Å². The molecular weight excluding hydrogens is 396 g/mol. The van der Waals surface area contributed by atoms with Gasteiger partial charge in [0.1, 0.15) is 5.75 Å². The Kier molecular flexibility index (Phi) is 8.72. The summed E-state index contributed by atoms with van der Waals surface area (Å²) in [6.45, 7) is 2.42. The van der Waals surface area contributed by atoms with Crippen molar-refractivity contribution in [2.75, 3.05) is 19.7 Å². The van der Waals surface area contributed by atoms with E-state index in [4.69, 9.17) is 16.3 Å². The molecule has 0 unspecified atom stereocenters. The fourth-order valence-corrected chi connectivity index (χ4v) is 2.42. The van der Waals surface area contributed by atoms with Gasteiger partial charge in [-0.2, -0.15) is 0 Å². The van der Waals surface area contributed by atoms with Crippen LogP contribution in [-0.4, -0.2) is 37.7 Å². The number of benzene rings is 2. The molecule has 2 aromatic rings. The summed E-state index contributed by atoms with van der Waals surface area (Å²) in [7, 11) is 0. The Hall–Kier alpha value is -3.32. The van der Waals surface area contributed by atoms with Crippen LogP contribution in [0.1, 0.15) is 22.8 Å².